The molecule has 0 aromatic rings. The second-order valence-corrected chi connectivity index (χ2v) is 2.91. The Labute approximate surface area is 81.9 Å². The molecule has 0 heterocycles. The Kier molecular flexibility index (Phi) is 5.23. The van der Waals surface area contributed by atoms with Gasteiger partial charge in [-0.3, -0.25) is 4.79 Å². The third-order valence-electron chi connectivity index (χ3n) is 1.78. The third kappa shape index (κ3) is 3.38. The summed E-state index contributed by atoms with van der Waals surface area (Å²) in [5.74, 6) is -4.98. The summed E-state index contributed by atoms with van der Waals surface area (Å²) in [6.07, 6.45) is 0.678. The highest BCUT2D eigenvalue weighted by Gasteiger charge is 2.43. The molecule has 1 atom stereocenters. The molecule has 0 aliphatic carbocycles. The minimum Gasteiger partial charge on any atom is -0.382 e. The first kappa shape index (κ1) is 13.0. The smallest absolute Gasteiger partial charge is 0.333 e. The van der Waals surface area contributed by atoms with Crippen LogP contribution in [0.5, 0.6) is 0 Å². The van der Waals surface area contributed by atoms with E-state index in [1.807, 2.05) is 0 Å². The van der Waals surface area contributed by atoms with Crippen LogP contribution in [0, 0.1) is 0 Å². The molecule has 4 heteroatoms. The van der Waals surface area contributed by atoms with Gasteiger partial charge in [-0.15, -0.1) is 13.2 Å². The van der Waals surface area contributed by atoms with E-state index in [9.17, 15) is 13.6 Å². The molecule has 1 N–H and O–H groups in total. The van der Waals surface area contributed by atoms with Crippen molar-refractivity contribution in [2.75, 3.05) is 0 Å². The molecule has 0 bridgehead atoms. The highest BCUT2D eigenvalue weighted by molar-refractivity contribution is 5.86. The van der Waals surface area contributed by atoms with E-state index in [4.69, 9.17) is 5.11 Å². The Bertz CT molecular complexity index is 224. The Morgan fingerprint density at radius 2 is 2.07 bits per heavy atom. The molecule has 0 aliphatic heterocycles. The predicted octanol–water partition coefficient (Wildman–Crippen LogP) is 2.09. The lowest BCUT2D eigenvalue weighted by Crippen LogP contribution is -2.40. The van der Waals surface area contributed by atoms with Crippen molar-refractivity contribution < 1.29 is 18.7 Å². The topological polar surface area (TPSA) is 37.3 Å². The fourth-order valence-corrected chi connectivity index (χ4v) is 0.887. The van der Waals surface area contributed by atoms with Crippen LogP contribution in [-0.2, 0) is 4.79 Å². The van der Waals surface area contributed by atoms with Crippen LogP contribution >= 0.6 is 0 Å². The minimum absolute atomic E-state index is 0.260. The molecule has 1 unspecified atom stereocenters. The molecule has 0 spiro atoms. The van der Waals surface area contributed by atoms with E-state index in [1.165, 1.54) is 0 Å². The quantitative estimate of drug-likeness (QED) is 0.509. The number of rotatable bonds is 7. The van der Waals surface area contributed by atoms with E-state index < -0.39 is 17.8 Å². The van der Waals surface area contributed by atoms with Gasteiger partial charge in [0.2, 0.25) is 5.78 Å². The van der Waals surface area contributed by atoms with Gasteiger partial charge >= 0.3 is 5.92 Å². The Balaban J connectivity index is 4.20. The van der Waals surface area contributed by atoms with E-state index in [2.05, 4.69) is 13.2 Å². The summed E-state index contributed by atoms with van der Waals surface area (Å²) < 4.78 is 25.9. The number of aliphatic hydroxyl groups excluding tert-OH is 1. The highest BCUT2D eigenvalue weighted by Crippen LogP contribution is 2.23. The first-order chi connectivity index (χ1) is 6.46. The van der Waals surface area contributed by atoms with Crippen LogP contribution in [0.25, 0.3) is 0 Å². The molecule has 80 valence electrons. The van der Waals surface area contributed by atoms with Gasteiger partial charge in [-0.1, -0.05) is 12.2 Å². The summed E-state index contributed by atoms with van der Waals surface area (Å²) in [6.45, 7) is 6.41. The molecule has 0 saturated heterocycles. The van der Waals surface area contributed by atoms with Crippen molar-refractivity contribution in [2.45, 2.75) is 31.3 Å². The number of allylic oxidation sites excluding steroid dienone is 1. The standard InChI is InChI=1S/C10H14F2O2/c1-3-5-6-7-9(14)10(11,12)8(13)4-2/h3-4,8,13H,1-2,5-7H2. The number of unbranched alkanes of at least 4 members (excludes halogenated alkanes) is 1. The fourth-order valence-electron chi connectivity index (χ4n) is 0.887. The van der Waals surface area contributed by atoms with E-state index >= 15 is 0 Å². The van der Waals surface area contributed by atoms with Gasteiger partial charge in [0.25, 0.3) is 0 Å². The molecule has 0 aromatic heterocycles. The number of ketones is 1. The van der Waals surface area contributed by atoms with Crippen LogP contribution in [0.4, 0.5) is 8.78 Å². The van der Waals surface area contributed by atoms with Crippen LogP contribution in [0.3, 0.4) is 0 Å². The van der Waals surface area contributed by atoms with Gasteiger partial charge in [0, 0.05) is 6.42 Å². The number of hydrogen-bond donors (Lipinski definition) is 1. The summed E-state index contributed by atoms with van der Waals surface area (Å²) in [7, 11) is 0. The van der Waals surface area contributed by atoms with Crippen molar-refractivity contribution >= 4 is 5.78 Å². The van der Waals surface area contributed by atoms with Crippen molar-refractivity contribution in [2.24, 2.45) is 0 Å². The van der Waals surface area contributed by atoms with Gasteiger partial charge in [0.05, 0.1) is 0 Å². The number of hydrogen-bond acceptors (Lipinski definition) is 2. The van der Waals surface area contributed by atoms with Crippen molar-refractivity contribution in [3.8, 4) is 0 Å². The molecular formula is C10H14F2O2. The van der Waals surface area contributed by atoms with E-state index in [0.717, 1.165) is 0 Å². The zero-order valence-corrected chi connectivity index (χ0v) is 7.88. The zero-order valence-electron chi connectivity index (χ0n) is 7.88. The summed E-state index contributed by atoms with van der Waals surface area (Å²) >= 11 is 0. The van der Waals surface area contributed by atoms with Gasteiger partial charge in [0.15, 0.2) is 0 Å². The number of halogens is 2. The first-order valence-electron chi connectivity index (χ1n) is 4.29. The van der Waals surface area contributed by atoms with Crippen LogP contribution < -0.4 is 0 Å². The number of carbonyl (C=O) groups is 1. The summed E-state index contributed by atoms with van der Waals surface area (Å²) in [4.78, 5) is 10.9. The first-order valence-corrected chi connectivity index (χ1v) is 4.29. The molecule has 0 rings (SSSR count). The van der Waals surface area contributed by atoms with E-state index in [1.54, 1.807) is 6.08 Å². The second-order valence-electron chi connectivity index (χ2n) is 2.91. The lowest BCUT2D eigenvalue weighted by atomic mass is 10.0. The molecular weight excluding hydrogens is 190 g/mol. The molecule has 2 nitrogen and oxygen atoms in total. The Hall–Kier alpha value is -1.03. The summed E-state index contributed by atoms with van der Waals surface area (Å²) in [5.41, 5.74) is 0. The Morgan fingerprint density at radius 3 is 2.50 bits per heavy atom. The lowest BCUT2D eigenvalue weighted by molar-refractivity contribution is -0.155. The maximum Gasteiger partial charge on any atom is 0.333 e. The summed E-state index contributed by atoms with van der Waals surface area (Å²) in [6, 6.07) is 0. The zero-order chi connectivity index (χ0) is 11.2. The lowest BCUT2D eigenvalue weighted by Gasteiger charge is -2.17. The largest absolute Gasteiger partial charge is 0.382 e. The second kappa shape index (κ2) is 5.65. The number of alkyl halides is 2. The Morgan fingerprint density at radius 1 is 1.50 bits per heavy atom. The molecule has 0 aliphatic rings. The van der Waals surface area contributed by atoms with Crippen molar-refractivity contribution in [3.63, 3.8) is 0 Å². The van der Waals surface area contributed by atoms with Crippen LogP contribution in [-0.4, -0.2) is 22.9 Å². The molecule has 0 amide bonds. The van der Waals surface area contributed by atoms with Crippen LogP contribution in [0.1, 0.15) is 19.3 Å². The molecule has 0 saturated carbocycles. The fraction of sp³-hybridized carbons (Fsp3) is 0.500. The van der Waals surface area contributed by atoms with Gasteiger partial charge < -0.3 is 5.11 Å². The van der Waals surface area contributed by atoms with Gasteiger partial charge in [-0.25, -0.2) is 0 Å². The number of aliphatic hydroxyl groups is 1. The van der Waals surface area contributed by atoms with E-state index in [0.29, 0.717) is 18.9 Å². The molecule has 0 radical (unpaired) electrons. The summed E-state index contributed by atoms with van der Waals surface area (Å²) in [5, 5.41) is 8.80. The van der Waals surface area contributed by atoms with Crippen LogP contribution in [0.15, 0.2) is 25.3 Å². The minimum atomic E-state index is -3.72. The third-order valence-corrected chi connectivity index (χ3v) is 1.78. The molecule has 0 aromatic carbocycles. The molecule has 0 fully saturated rings. The highest BCUT2D eigenvalue weighted by atomic mass is 19.3. The monoisotopic (exact) mass is 204 g/mol. The maximum atomic E-state index is 12.9. The predicted molar refractivity (Wildman–Crippen MR) is 50.2 cm³/mol. The number of carbonyl (C=O) groups excluding carboxylic acids is 1. The maximum absolute atomic E-state index is 12.9. The molecule has 14 heavy (non-hydrogen) atoms. The van der Waals surface area contributed by atoms with Crippen molar-refractivity contribution in [3.05, 3.63) is 25.3 Å². The van der Waals surface area contributed by atoms with E-state index in [-0.39, 0.29) is 6.42 Å². The number of Topliss-reactive ketones (excluding diaryl/α,β-unsaturated/α-hetero) is 1. The average Bonchev–Trinajstić information content (AvgIpc) is 2.16. The normalized spacial score (nSPS) is 13.4. The van der Waals surface area contributed by atoms with Crippen molar-refractivity contribution in [1.82, 2.24) is 0 Å². The van der Waals surface area contributed by atoms with Gasteiger partial charge in [-0.2, -0.15) is 8.78 Å². The van der Waals surface area contributed by atoms with Gasteiger partial charge in [-0.05, 0) is 12.8 Å². The van der Waals surface area contributed by atoms with Gasteiger partial charge in [0.1, 0.15) is 6.10 Å². The SMILES string of the molecule is C=CCCCC(=O)C(F)(F)C(O)C=C. The average molecular weight is 204 g/mol. The van der Waals surface area contributed by atoms with Crippen LogP contribution in [0.2, 0.25) is 0 Å². The van der Waals surface area contributed by atoms with Crippen molar-refractivity contribution in [1.29, 1.82) is 0 Å².